The molecule has 0 aromatic carbocycles. The van der Waals surface area contributed by atoms with Crippen LogP contribution in [0.4, 0.5) is 0 Å². The van der Waals surface area contributed by atoms with Gasteiger partial charge in [-0.2, -0.15) is 0 Å². The summed E-state index contributed by atoms with van der Waals surface area (Å²) in [4.78, 5) is 0. The molecule has 0 aromatic heterocycles. The number of hydrogen-bond acceptors (Lipinski definition) is 4. The molecule has 0 N–H and O–H groups in total. The molecule has 60 valence electrons. The van der Waals surface area contributed by atoms with Gasteiger partial charge in [0.15, 0.2) is 0 Å². The van der Waals surface area contributed by atoms with Gasteiger partial charge in [0, 0.05) is 0 Å². The van der Waals surface area contributed by atoms with E-state index in [4.69, 9.17) is 0 Å². The number of rotatable bonds is 2. The molecular weight excluding hydrogens is 200 g/mol. The van der Waals surface area contributed by atoms with Gasteiger partial charge in [-0.05, 0) is 12.8 Å². The van der Waals surface area contributed by atoms with Crippen molar-refractivity contribution in [3.05, 3.63) is 0 Å². The van der Waals surface area contributed by atoms with Gasteiger partial charge in [0.1, 0.15) is 0 Å². The largest absolute Gasteiger partial charge is 0.0777 e. The van der Waals surface area contributed by atoms with Gasteiger partial charge in [-0.3, -0.25) is 0 Å². The Labute approximate surface area is 78.9 Å². The van der Waals surface area contributed by atoms with Crippen LogP contribution in [0.15, 0.2) is 0 Å². The van der Waals surface area contributed by atoms with Crippen molar-refractivity contribution in [3.63, 3.8) is 0 Å². The summed E-state index contributed by atoms with van der Waals surface area (Å²) in [5.41, 5.74) is 0. The fourth-order valence-corrected chi connectivity index (χ4v) is 8.91. The molecule has 10 heavy (non-hydrogen) atoms. The quantitative estimate of drug-likeness (QED) is 0.628. The van der Waals surface area contributed by atoms with Gasteiger partial charge >= 0.3 is 0 Å². The zero-order valence-electron chi connectivity index (χ0n) is 6.20. The monoisotopic (exact) mass is 212 g/mol. The van der Waals surface area contributed by atoms with Gasteiger partial charge in [0.2, 0.25) is 0 Å². The van der Waals surface area contributed by atoms with E-state index in [1.807, 2.05) is 0 Å². The second kappa shape index (κ2) is 5.12. The zero-order chi connectivity index (χ0) is 7.40. The molecule has 1 aliphatic rings. The van der Waals surface area contributed by atoms with Gasteiger partial charge in [-0.25, -0.2) is 0 Å². The van der Waals surface area contributed by atoms with Crippen molar-refractivity contribution in [2.24, 2.45) is 0 Å². The molecule has 4 heteroatoms. The minimum absolute atomic E-state index is 0.831. The van der Waals surface area contributed by atoms with Gasteiger partial charge in [-0.1, -0.05) is 57.0 Å². The van der Waals surface area contributed by atoms with Crippen LogP contribution < -0.4 is 0 Å². The Hall–Kier alpha value is 1.40. The Balaban J connectivity index is 2.17. The van der Waals surface area contributed by atoms with Gasteiger partial charge in [0.05, 0.1) is 9.16 Å². The SMILES string of the molecule is CCC1SSC(CC)SS1. The van der Waals surface area contributed by atoms with Crippen LogP contribution in [0.5, 0.6) is 0 Å². The van der Waals surface area contributed by atoms with E-state index in [0.717, 1.165) is 9.16 Å². The molecule has 0 unspecified atom stereocenters. The second-order valence-electron chi connectivity index (χ2n) is 2.06. The molecule has 0 aromatic rings. The lowest BCUT2D eigenvalue weighted by Gasteiger charge is -2.23. The molecule has 1 saturated heterocycles. The molecule has 0 radical (unpaired) electrons. The van der Waals surface area contributed by atoms with Crippen molar-refractivity contribution in [1.82, 2.24) is 0 Å². The molecule has 0 amide bonds. The minimum Gasteiger partial charge on any atom is -0.0777 e. The van der Waals surface area contributed by atoms with E-state index in [2.05, 4.69) is 57.0 Å². The summed E-state index contributed by atoms with van der Waals surface area (Å²) in [5.74, 6) is 0. The Kier molecular flexibility index (Phi) is 4.86. The van der Waals surface area contributed by atoms with Crippen LogP contribution in [0.1, 0.15) is 26.7 Å². The molecule has 0 aliphatic carbocycles. The van der Waals surface area contributed by atoms with Gasteiger partial charge < -0.3 is 0 Å². The average molecular weight is 212 g/mol. The summed E-state index contributed by atoms with van der Waals surface area (Å²) in [6.45, 7) is 4.52. The molecular formula is C6H12S4. The third-order valence-electron chi connectivity index (χ3n) is 1.21. The van der Waals surface area contributed by atoms with Gasteiger partial charge in [0.25, 0.3) is 0 Å². The maximum Gasteiger partial charge on any atom is 0.0707 e. The van der Waals surface area contributed by atoms with E-state index >= 15 is 0 Å². The van der Waals surface area contributed by atoms with Crippen molar-refractivity contribution in [1.29, 1.82) is 0 Å². The third-order valence-corrected chi connectivity index (χ3v) is 9.69. The second-order valence-corrected chi connectivity index (χ2v) is 8.01. The summed E-state index contributed by atoms with van der Waals surface area (Å²) in [6.07, 6.45) is 2.59. The van der Waals surface area contributed by atoms with Crippen LogP contribution in [0.25, 0.3) is 0 Å². The standard InChI is InChI=1S/C6H12S4/c1-3-5-7-9-6(4-2)10-8-5/h5-6H,3-4H2,1-2H3. The van der Waals surface area contributed by atoms with Crippen molar-refractivity contribution < 1.29 is 0 Å². The Morgan fingerprint density at radius 2 is 1.10 bits per heavy atom. The highest BCUT2D eigenvalue weighted by Gasteiger charge is 2.20. The maximum absolute atomic E-state index is 2.26. The molecule has 0 atom stereocenters. The molecule has 0 nitrogen and oxygen atoms in total. The summed E-state index contributed by atoms with van der Waals surface area (Å²) >= 11 is 0. The van der Waals surface area contributed by atoms with Crippen LogP contribution >= 0.6 is 43.2 Å². The third kappa shape index (κ3) is 2.80. The molecule has 1 rings (SSSR count). The lowest BCUT2D eigenvalue weighted by atomic mass is 10.6. The van der Waals surface area contributed by atoms with E-state index in [1.54, 1.807) is 0 Å². The minimum atomic E-state index is 0.831. The maximum atomic E-state index is 2.26. The molecule has 1 aliphatic heterocycles. The van der Waals surface area contributed by atoms with Gasteiger partial charge in [-0.15, -0.1) is 0 Å². The Morgan fingerprint density at radius 1 is 0.800 bits per heavy atom. The highest BCUT2D eigenvalue weighted by Crippen LogP contribution is 2.55. The first-order valence-corrected chi connectivity index (χ1v) is 8.06. The summed E-state index contributed by atoms with van der Waals surface area (Å²) in [7, 11) is 8.22. The molecule has 0 spiro atoms. The first kappa shape index (κ1) is 9.49. The van der Waals surface area contributed by atoms with E-state index in [9.17, 15) is 0 Å². The Morgan fingerprint density at radius 3 is 1.30 bits per heavy atom. The van der Waals surface area contributed by atoms with Crippen molar-refractivity contribution in [2.45, 2.75) is 35.9 Å². The van der Waals surface area contributed by atoms with Crippen LogP contribution in [-0.4, -0.2) is 9.16 Å². The first-order valence-electron chi connectivity index (χ1n) is 3.51. The predicted octanol–water partition coefficient (Wildman–Crippen LogP) is 4.24. The highest BCUT2D eigenvalue weighted by molar-refractivity contribution is 8.93. The van der Waals surface area contributed by atoms with Crippen molar-refractivity contribution in [2.75, 3.05) is 0 Å². The first-order chi connectivity index (χ1) is 4.86. The van der Waals surface area contributed by atoms with Crippen LogP contribution in [0.3, 0.4) is 0 Å². The smallest absolute Gasteiger partial charge is 0.0707 e. The van der Waals surface area contributed by atoms with Crippen LogP contribution in [0, 0.1) is 0 Å². The van der Waals surface area contributed by atoms with E-state index in [-0.39, 0.29) is 0 Å². The van der Waals surface area contributed by atoms with E-state index < -0.39 is 0 Å². The Bertz CT molecular complexity index is 75.7. The lowest BCUT2D eigenvalue weighted by molar-refractivity contribution is 1.05. The summed E-state index contributed by atoms with van der Waals surface area (Å²) in [6, 6.07) is 0. The lowest BCUT2D eigenvalue weighted by Crippen LogP contribution is -2.01. The van der Waals surface area contributed by atoms with Crippen LogP contribution in [-0.2, 0) is 0 Å². The molecule has 0 bridgehead atoms. The fourth-order valence-electron chi connectivity index (χ4n) is 0.552. The highest BCUT2D eigenvalue weighted by atomic mass is 33.2. The summed E-state index contributed by atoms with van der Waals surface area (Å²) < 4.78 is 1.66. The molecule has 0 saturated carbocycles. The average Bonchev–Trinajstić information content (AvgIpc) is 2.05. The summed E-state index contributed by atoms with van der Waals surface area (Å²) in [5, 5.41) is 0. The van der Waals surface area contributed by atoms with Crippen molar-refractivity contribution in [3.8, 4) is 0 Å². The normalized spacial score (nSPS) is 34.2. The zero-order valence-corrected chi connectivity index (χ0v) is 9.47. The van der Waals surface area contributed by atoms with E-state index in [0.29, 0.717) is 0 Å². The predicted molar refractivity (Wildman–Crippen MR) is 58.5 cm³/mol. The fraction of sp³-hybridized carbons (Fsp3) is 1.00. The topological polar surface area (TPSA) is 0 Å². The van der Waals surface area contributed by atoms with E-state index in [1.165, 1.54) is 12.8 Å². The van der Waals surface area contributed by atoms with Crippen molar-refractivity contribution >= 4 is 43.2 Å². The number of hydrogen-bond donors (Lipinski definition) is 0. The molecule has 1 heterocycles. The molecule has 1 fully saturated rings. The van der Waals surface area contributed by atoms with Crippen LogP contribution in [0.2, 0.25) is 0 Å².